The first kappa shape index (κ1) is 13.0. The van der Waals surface area contributed by atoms with Crippen LogP contribution in [0.1, 0.15) is 27.9 Å². The molecule has 0 fully saturated rings. The number of nitrogens with two attached hydrogens (primary N) is 1. The molecule has 90 valence electrons. The van der Waals surface area contributed by atoms with Crippen molar-refractivity contribution < 1.29 is 14.3 Å². The van der Waals surface area contributed by atoms with Crippen LogP contribution in [0.25, 0.3) is 6.08 Å². The summed E-state index contributed by atoms with van der Waals surface area (Å²) in [5.74, 6) is -0.731. The summed E-state index contributed by atoms with van der Waals surface area (Å²) in [7, 11) is 1.35. The Morgan fingerprint density at radius 1 is 1.41 bits per heavy atom. The lowest BCUT2D eigenvalue weighted by Crippen LogP contribution is -2.07. The van der Waals surface area contributed by atoms with Gasteiger partial charge in [-0.2, -0.15) is 0 Å². The van der Waals surface area contributed by atoms with Crippen molar-refractivity contribution in [1.29, 1.82) is 0 Å². The molecule has 4 heteroatoms. The fraction of sp³-hybridized carbons (Fsp3) is 0.231. The highest BCUT2D eigenvalue weighted by Gasteiger charge is 2.05. The van der Waals surface area contributed by atoms with Crippen molar-refractivity contribution in [3.05, 3.63) is 41.0 Å². The van der Waals surface area contributed by atoms with Gasteiger partial charge in [-0.25, -0.2) is 4.79 Å². The molecule has 1 rings (SSSR count). The number of amides is 1. The number of hydrogen-bond donors (Lipinski definition) is 1. The fourth-order valence-corrected chi connectivity index (χ4v) is 1.41. The lowest BCUT2D eigenvalue weighted by Gasteiger charge is -2.03. The van der Waals surface area contributed by atoms with Crippen LogP contribution in [0.3, 0.4) is 0 Å². The van der Waals surface area contributed by atoms with Gasteiger partial charge in [0.15, 0.2) is 0 Å². The predicted molar refractivity (Wildman–Crippen MR) is 65.4 cm³/mol. The van der Waals surface area contributed by atoms with E-state index in [-0.39, 0.29) is 18.3 Å². The van der Waals surface area contributed by atoms with E-state index in [1.807, 2.05) is 6.92 Å². The van der Waals surface area contributed by atoms with E-state index in [0.717, 1.165) is 11.1 Å². The minimum Gasteiger partial charge on any atom is -0.465 e. The molecule has 0 aromatic heterocycles. The highest BCUT2D eigenvalue weighted by atomic mass is 16.5. The summed E-state index contributed by atoms with van der Waals surface area (Å²) in [4.78, 5) is 21.8. The lowest BCUT2D eigenvalue weighted by molar-refractivity contribution is -0.117. The van der Waals surface area contributed by atoms with Crippen molar-refractivity contribution in [3.8, 4) is 0 Å². The zero-order chi connectivity index (χ0) is 12.8. The molecule has 0 saturated carbocycles. The second-order valence-corrected chi connectivity index (χ2v) is 3.64. The summed E-state index contributed by atoms with van der Waals surface area (Å²) in [6, 6.07) is 5.23. The number of carbonyl (C=O) groups excluding carboxylic acids is 2. The van der Waals surface area contributed by atoms with E-state index in [1.165, 1.54) is 7.11 Å². The van der Waals surface area contributed by atoms with Gasteiger partial charge in [-0.1, -0.05) is 18.2 Å². The Balaban J connectivity index is 2.86. The van der Waals surface area contributed by atoms with Crippen LogP contribution in [0.5, 0.6) is 0 Å². The van der Waals surface area contributed by atoms with Gasteiger partial charge in [0.1, 0.15) is 0 Å². The molecular weight excluding hydrogens is 218 g/mol. The summed E-state index contributed by atoms with van der Waals surface area (Å²) < 4.78 is 4.63. The first-order valence-electron chi connectivity index (χ1n) is 5.18. The van der Waals surface area contributed by atoms with Crippen molar-refractivity contribution in [2.24, 2.45) is 5.73 Å². The molecule has 1 aromatic carbocycles. The number of esters is 1. The Hall–Kier alpha value is -2.10. The Labute approximate surface area is 100 Å². The minimum absolute atomic E-state index is 0.207. The number of aryl methyl sites for hydroxylation is 1. The molecule has 2 N–H and O–H groups in total. The molecule has 0 atom stereocenters. The Bertz CT molecular complexity index is 464. The second-order valence-electron chi connectivity index (χ2n) is 3.64. The van der Waals surface area contributed by atoms with Crippen LogP contribution in [0.15, 0.2) is 24.3 Å². The normalized spacial score (nSPS) is 10.5. The Morgan fingerprint density at radius 2 is 2.12 bits per heavy atom. The first-order valence-corrected chi connectivity index (χ1v) is 5.18. The molecule has 0 aliphatic rings. The van der Waals surface area contributed by atoms with Crippen molar-refractivity contribution in [1.82, 2.24) is 0 Å². The van der Waals surface area contributed by atoms with Gasteiger partial charge in [0.25, 0.3) is 0 Å². The number of primary amides is 1. The summed E-state index contributed by atoms with van der Waals surface area (Å²) >= 11 is 0. The molecule has 0 aliphatic heterocycles. The summed E-state index contributed by atoms with van der Waals surface area (Å²) in [5.41, 5.74) is 7.42. The number of methoxy groups -OCH3 is 1. The van der Waals surface area contributed by atoms with E-state index >= 15 is 0 Å². The maximum absolute atomic E-state index is 11.3. The number of hydrogen-bond acceptors (Lipinski definition) is 3. The molecule has 0 radical (unpaired) electrons. The third-order valence-electron chi connectivity index (χ3n) is 2.31. The Kier molecular flexibility index (Phi) is 4.46. The largest absolute Gasteiger partial charge is 0.465 e. The van der Waals surface area contributed by atoms with Crippen LogP contribution >= 0.6 is 0 Å². The second kappa shape index (κ2) is 5.84. The van der Waals surface area contributed by atoms with E-state index in [0.29, 0.717) is 5.56 Å². The van der Waals surface area contributed by atoms with E-state index in [4.69, 9.17) is 5.73 Å². The van der Waals surface area contributed by atoms with Gasteiger partial charge >= 0.3 is 5.97 Å². The summed E-state index contributed by atoms with van der Waals surface area (Å²) in [6.07, 6.45) is 3.71. The zero-order valence-electron chi connectivity index (χ0n) is 9.90. The van der Waals surface area contributed by atoms with Gasteiger partial charge in [-0.3, -0.25) is 4.79 Å². The summed E-state index contributed by atoms with van der Waals surface area (Å²) in [5, 5.41) is 0. The highest BCUT2D eigenvalue weighted by Crippen LogP contribution is 2.13. The van der Waals surface area contributed by atoms with Gasteiger partial charge < -0.3 is 10.5 Å². The molecule has 0 saturated heterocycles. The molecule has 1 amide bonds. The van der Waals surface area contributed by atoms with Crippen LogP contribution in [-0.4, -0.2) is 19.0 Å². The van der Waals surface area contributed by atoms with E-state index in [2.05, 4.69) is 4.74 Å². The molecule has 0 spiro atoms. The summed E-state index contributed by atoms with van der Waals surface area (Å²) in [6.45, 7) is 1.89. The van der Waals surface area contributed by atoms with Gasteiger partial charge in [0, 0.05) is 6.42 Å². The Morgan fingerprint density at radius 3 is 2.65 bits per heavy atom. The van der Waals surface area contributed by atoms with Crippen LogP contribution in [0.2, 0.25) is 0 Å². The minimum atomic E-state index is -0.370. The highest BCUT2D eigenvalue weighted by molar-refractivity contribution is 5.90. The molecule has 0 heterocycles. The molecule has 0 unspecified atom stereocenters. The average Bonchev–Trinajstić information content (AvgIpc) is 2.29. The molecule has 1 aromatic rings. The average molecular weight is 233 g/mol. The van der Waals surface area contributed by atoms with Gasteiger partial charge in [0.05, 0.1) is 12.7 Å². The quantitative estimate of drug-likeness (QED) is 0.804. The van der Waals surface area contributed by atoms with Crippen molar-refractivity contribution in [2.45, 2.75) is 13.3 Å². The van der Waals surface area contributed by atoms with E-state index in [1.54, 1.807) is 30.4 Å². The molecule has 4 nitrogen and oxygen atoms in total. The van der Waals surface area contributed by atoms with Crippen molar-refractivity contribution in [3.63, 3.8) is 0 Å². The van der Waals surface area contributed by atoms with Crippen LogP contribution in [0.4, 0.5) is 0 Å². The van der Waals surface area contributed by atoms with Gasteiger partial charge in [-0.15, -0.1) is 0 Å². The number of rotatable bonds is 4. The zero-order valence-corrected chi connectivity index (χ0v) is 9.90. The van der Waals surface area contributed by atoms with Crippen LogP contribution in [0, 0.1) is 6.92 Å². The fourth-order valence-electron chi connectivity index (χ4n) is 1.41. The number of benzene rings is 1. The number of carbonyl (C=O) groups is 2. The topological polar surface area (TPSA) is 69.4 Å². The maximum atomic E-state index is 11.3. The van der Waals surface area contributed by atoms with Gasteiger partial charge in [-0.05, 0) is 30.2 Å². The smallest absolute Gasteiger partial charge is 0.337 e. The lowest BCUT2D eigenvalue weighted by atomic mass is 10.0. The molecule has 17 heavy (non-hydrogen) atoms. The van der Waals surface area contributed by atoms with Gasteiger partial charge in [0.2, 0.25) is 5.91 Å². The third-order valence-corrected chi connectivity index (χ3v) is 2.31. The standard InChI is InChI=1S/C13H15NO3/c1-9-8-11(13(16)17-2)7-6-10(9)4-3-5-12(14)15/h3-4,6-8H,5H2,1-2H3,(H2,14,15). The predicted octanol–water partition coefficient (Wildman–Crippen LogP) is 1.67. The van der Waals surface area contributed by atoms with Crippen LogP contribution in [-0.2, 0) is 9.53 Å². The SMILES string of the molecule is COC(=O)c1ccc(C=CCC(N)=O)c(C)c1. The number of ether oxygens (including phenoxy) is 1. The molecule has 0 aliphatic carbocycles. The molecular formula is C13H15NO3. The first-order chi connectivity index (χ1) is 8.04. The van der Waals surface area contributed by atoms with E-state index < -0.39 is 0 Å². The van der Waals surface area contributed by atoms with Crippen molar-refractivity contribution >= 4 is 18.0 Å². The van der Waals surface area contributed by atoms with E-state index in [9.17, 15) is 9.59 Å². The monoisotopic (exact) mass is 233 g/mol. The van der Waals surface area contributed by atoms with Crippen molar-refractivity contribution in [2.75, 3.05) is 7.11 Å². The maximum Gasteiger partial charge on any atom is 0.337 e. The van der Waals surface area contributed by atoms with Crippen LogP contribution < -0.4 is 5.73 Å². The molecule has 0 bridgehead atoms. The third kappa shape index (κ3) is 3.75.